The van der Waals surface area contributed by atoms with Crippen LogP contribution in [0.25, 0.3) is 0 Å². The summed E-state index contributed by atoms with van der Waals surface area (Å²) in [6.07, 6.45) is 1.81. The van der Waals surface area contributed by atoms with Crippen molar-refractivity contribution in [3.05, 3.63) is 99.8 Å². The molecule has 2 heterocycles. The van der Waals surface area contributed by atoms with Crippen molar-refractivity contribution in [1.29, 1.82) is 0 Å². The molecule has 6 atom stereocenters. The van der Waals surface area contributed by atoms with Crippen molar-refractivity contribution in [3.63, 3.8) is 0 Å². The van der Waals surface area contributed by atoms with E-state index < -0.39 is 57.0 Å². The second kappa shape index (κ2) is 9.99. The number of alkyl halides is 2. The Morgan fingerprint density at radius 2 is 1.50 bits per heavy atom. The van der Waals surface area contributed by atoms with Gasteiger partial charge in [0.15, 0.2) is 9.75 Å². The number of fused-ring (bicyclic) bond motifs is 4. The Balaban J connectivity index is 1.41. The first-order valence-electron chi connectivity index (χ1n) is 14.0. The largest absolute Gasteiger partial charge is 0.507 e. The van der Waals surface area contributed by atoms with Crippen LogP contribution in [-0.2, 0) is 19.2 Å². The smallest absolute Gasteiger partial charge is 0.258 e. The Morgan fingerprint density at radius 3 is 2.18 bits per heavy atom. The maximum atomic E-state index is 14.4. The van der Waals surface area contributed by atoms with Crippen LogP contribution in [0.5, 0.6) is 5.75 Å². The van der Waals surface area contributed by atoms with Gasteiger partial charge in [-0.15, -0.1) is 23.2 Å². The second-order valence-corrected chi connectivity index (χ2v) is 13.9. The van der Waals surface area contributed by atoms with E-state index in [1.54, 1.807) is 49.4 Å². The number of halogens is 4. The molecule has 0 radical (unpaired) electrons. The molecule has 2 saturated heterocycles. The minimum absolute atomic E-state index is 0.0893. The van der Waals surface area contributed by atoms with Gasteiger partial charge in [0, 0.05) is 16.0 Å². The summed E-state index contributed by atoms with van der Waals surface area (Å²) in [7, 11) is 0. The molecule has 1 saturated carbocycles. The predicted molar refractivity (Wildman–Crippen MR) is 166 cm³/mol. The molecule has 2 aliphatic heterocycles. The number of phenols is 1. The fourth-order valence-electron chi connectivity index (χ4n) is 7.50. The number of carbonyl (C=O) groups is 4. The molecule has 3 fully saturated rings. The van der Waals surface area contributed by atoms with E-state index in [0.29, 0.717) is 16.8 Å². The summed E-state index contributed by atoms with van der Waals surface area (Å²) in [6.45, 7) is 1.70. The third kappa shape index (κ3) is 3.78. The van der Waals surface area contributed by atoms with Crippen molar-refractivity contribution in [2.75, 3.05) is 9.80 Å². The Bertz CT molecular complexity index is 1820. The average Bonchev–Trinajstić information content (AvgIpc) is 3.34. The number of hydrogen-bond donors (Lipinski definition) is 1. The molecule has 11 heteroatoms. The molecule has 7 nitrogen and oxygen atoms in total. The summed E-state index contributed by atoms with van der Waals surface area (Å²) in [5.74, 6) is -6.55. The van der Waals surface area contributed by atoms with E-state index in [1.165, 1.54) is 17.0 Å². The summed E-state index contributed by atoms with van der Waals surface area (Å²) in [5, 5.41) is 11.3. The van der Waals surface area contributed by atoms with Crippen LogP contribution in [0.2, 0.25) is 0 Å². The first-order valence-corrected chi connectivity index (χ1v) is 15.6. The number of nitrogens with zero attached hydrogens (tertiary/aromatic N) is 2. The molecule has 7 rings (SSSR count). The number of benzene rings is 3. The first kappa shape index (κ1) is 29.2. The van der Waals surface area contributed by atoms with E-state index in [1.807, 2.05) is 6.08 Å². The lowest BCUT2D eigenvalue weighted by Gasteiger charge is -2.50. The van der Waals surface area contributed by atoms with Crippen LogP contribution in [0.15, 0.2) is 82.9 Å². The maximum absolute atomic E-state index is 14.4. The van der Waals surface area contributed by atoms with Crippen LogP contribution < -0.4 is 9.80 Å². The Hall–Kier alpha value is -3.53. The number of imide groups is 2. The highest BCUT2D eigenvalue weighted by Crippen LogP contribution is 2.66. The molecule has 0 bridgehead atoms. The van der Waals surface area contributed by atoms with Crippen molar-refractivity contribution < 1.29 is 28.7 Å². The Labute approximate surface area is 270 Å². The van der Waals surface area contributed by atoms with Gasteiger partial charge in [0.05, 0.1) is 23.2 Å². The zero-order valence-electron chi connectivity index (χ0n) is 23.1. The Morgan fingerprint density at radius 1 is 0.864 bits per heavy atom. The molecule has 0 spiro atoms. The van der Waals surface area contributed by atoms with Gasteiger partial charge in [-0.05, 0) is 79.8 Å². The minimum Gasteiger partial charge on any atom is -0.507 e. The molecule has 0 unspecified atom stereocenters. The molecule has 3 aromatic rings. The fraction of sp³-hybridized carbons (Fsp3) is 0.273. The van der Waals surface area contributed by atoms with Gasteiger partial charge in [0.25, 0.3) is 11.8 Å². The summed E-state index contributed by atoms with van der Waals surface area (Å²) in [6, 6.07) is 16.7. The summed E-state index contributed by atoms with van der Waals surface area (Å²) < 4.78 is 14.6. The van der Waals surface area contributed by atoms with Crippen LogP contribution in [0.3, 0.4) is 0 Å². The number of allylic oxidation sites excluding steroid dienone is 2. The van der Waals surface area contributed by atoms with Crippen molar-refractivity contribution in [2.24, 2.45) is 17.8 Å². The van der Waals surface area contributed by atoms with Crippen LogP contribution in [0.1, 0.15) is 29.9 Å². The SMILES string of the molecule is Cc1cccc([C@H]2C3=CC[C@@H]4C(=O)N(c5ccc(Br)cc5)C(=O)[C@@H]4[C@@H]3C[C@@]3(Cl)C(=O)N(c4ccc(F)cc4)C(=O)[C@@]23Cl)c1O. The molecule has 44 heavy (non-hydrogen) atoms. The van der Waals surface area contributed by atoms with E-state index in [2.05, 4.69) is 15.9 Å². The van der Waals surface area contributed by atoms with E-state index >= 15 is 0 Å². The number of carbonyl (C=O) groups excluding carboxylic acids is 4. The molecular weight excluding hydrogens is 674 g/mol. The summed E-state index contributed by atoms with van der Waals surface area (Å²) in [4.78, 5) is 54.4. The van der Waals surface area contributed by atoms with E-state index in [-0.39, 0.29) is 35.7 Å². The summed E-state index contributed by atoms with van der Waals surface area (Å²) in [5.41, 5.74) is 1.87. The van der Waals surface area contributed by atoms with Crippen molar-refractivity contribution in [2.45, 2.75) is 35.4 Å². The highest BCUT2D eigenvalue weighted by Gasteiger charge is 2.77. The van der Waals surface area contributed by atoms with Gasteiger partial charge < -0.3 is 5.11 Å². The van der Waals surface area contributed by atoms with Gasteiger partial charge in [-0.2, -0.15) is 0 Å². The number of rotatable bonds is 3. The number of hydrogen-bond acceptors (Lipinski definition) is 5. The molecule has 2 aliphatic carbocycles. The van der Waals surface area contributed by atoms with Gasteiger partial charge in [0.1, 0.15) is 11.6 Å². The zero-order valence-corrected chi connectivity index (χ0v) is 26.2. The molecule has 224 valence electrons. The van der Waals surface area contributed by atoms with Crippen molar-refractivity contribution >= 4 is 74.1 Å². The predicted octanol–water partition coefficient (Wildman–Crippen LogP) is 6.37. The molecule has 4 amide bonds. The number of aryl methyl sites for hydroxylation is 1. The quantitative estimate of drug-likeness (QED) is 0.195. The lowest BCUT2D eigenvalue weighted by atomic mass is 9.56. The van der Waals surface area contributed by atoms with Crippen molar-refractivity contribution in [3.8, 4) is 5.75 Å². The number of para-hydroxylation sites is 1. The van der Waals surface area contributed by atoms with Gasteiger partial charge in [0.2, 0.25) is 11.8 Å². The van der Waals surface area contributed by atoms with Crippen molar-refractivity contribution in [1.82, 2.24) is 0 Å². The van der Waals surface area contributed by atoms with Crippen LogP contribution in [0, 0.1) is 30.5 Å². The molecule has 1 N–H and O–H groups in total. The highest BCUT2D eigenvalue weighted by molar-refractivity contribution is 9.10. The topological polar surface area (TPSA) is 95.0 Å². The monoisotopic (exact) mass is 696 g/mol. The lowest BCUT2D eigenvalue weighted by Crippen LogP contribution is -2.60. The van der Waals surface area contributed by atoms with Gasteiger partial charge in [-0.25, -0.2) is 9.29 Å². The number of anilines is 2. The van der Waals surface area contributed by atoms with Gasteiger partial charge in [-0.3, -0.25) is 24.1 Å². The van der Waals surface area contributed by atoms with E-state index in [4.69, 9.17) is 23.2 Å². The third-order valence-corrected chi connectivity index (χ3v) is 11.5. The van der Waals surface area contributed by atoms with Gasteiger partial charge >= 0.3 is 0 Å². The number of aromatic hydroxyl groups is 1. The molecular formula is C33H24BrCl2FN2O5. The average molecular weight is 698 g/mol. The van der Waals surface area contributed by atoms with Crippen LogP contribution >= 0.6 is 39.1 Å². The minimum atomic E-state index is -2.11. The van der Waals surface area contributed by atoms with Gasteiger partial charge in [-0.1, -0.05) is 45.8 Å². The van der Waals surface area contributed by atoms with Crippen LogP contribution in [0.4, 0.5) is 15.8 Å². The van der Waals surface area contributed by atoms with Crippen LogP contribution in [-0.4, -0.2) is 38.5 Å². The number of amides is 4. The standard InChI is InChI=1S/C33H24BrCl2FN2O5/c1-16-3-2-4-23(27(16)40)26-21-13-14-22-25(29(42)38(28(22)41)19-9-5-17(34)6-10-19)24(21)15-32(35)30(43)39(31(44)33(26,32)36)20-11-7-18(37)8-12-20/h2-13,22,24-26,40H,14-15H2,1H3/t22-,24+,25-,26+,32+,33-/m0/s1. The van der Waals surface area contributed by atoms with E-state index in [9.17, 15) is 28.7 Å². The Kier molecular flexibility index (Phi) is 6.63. The fourth-order valence-corrected chi connectivity index (χ4v) is 8.69. The lowest BCUT2D eigenvalue weighted by molar-refractivity contribution is -0.125. The third-order valence-electron chi connectivity index (χ3n) is 9.56. The first-order chi connectivity index (χ1) is 20.9. The molecule has 4 aliphatic rings. The number of phenolic OH excluding ortho intramolecular Hbond substituents is 1. The zero-order chi connectivity index (χ0) is 31.3. The normalized spacial score (nSPS) is 31.2. The molecule has 0 aromatic heterocycles. The van der Waals surface area contributed by atoms with E-state index in [0.717, 1.165) is 21.5 Å². The molecule has 3 aromatic carbocycles. The highest BCUT2D eigenvalue weighted by atomic mass is 79.9. The summed E-state index contributed by atoms with van der Waals surface area (Å²) >= 11 is 18.1. The second-order valence-electron chi connectivity index (χ2n) is 11.8. The maximum Gasteiger partial charge on any atom is 0.258 e.